The Labute approximate surface area is 269 Å². The van der Waals surface area contributed by atoms with Crippen molar-refractivity contribution in [1.29, 1.82) is 0 Å². The Bertz CT molecular complexity index is 1660. The number of aromatic amines is 1. The van der Waals surface area contributed by atoms with Gasteiger partial charge in [-0.2, -0.15) is 10.2 Å². The maximum Gasteiger partial charge on any atom is 0.225 e. The molecule has 194 valence electrons. The molecule has 0 radical (unpaired) electrons. The van der Waals surface area contributed by atoms with Gasteiger partial charge in [-0.3, -0.25) is 5.10 Å². The van der Waals surface area contributed by atoms with Gasteiger partial charge in [0.2, 0.25) is 5.95 Å². The van der Waals surface area contributed by atoms with E-state index in [9.17, 15) is 0 Å². The number of hydrogen-bond acceptors (Lipinski definition) is 6. The number of aromatic nitrogens is 6. The van der Waals surface area contributed by atoms with Crippen LogP contribution in [0.1, 0.15) is 27.9 Å². The highest BCUT2D eigenvalue weighted by molar-refractivity contribution is 14.3. The van der Waals surface area contributed by atoms with E-state index in [-0.39, 0.29) is -0.565 Å². The zero-order valence-corrected chi connectivity index (χ0v) is 28.4. The lowest BCUT2D eigenvalue weighted by Crippen LogP contribution is -2.31. The number of anilines is 1. The van der Waals surface area contributed by atoms with E-state index in [1.165, 1.54) is 16.5 Å². The number of fused-ring (bicyclic) bond motifs is 2. The number of aryl methyl sites for hydroxylation is 2. The van der Waals surface area contributed by atoms with Crippen LogP contribution in [0.2, 0.25) is 0 Å². The Hall–Kier alpha value is -1.17. The molecular weight excluding hydrogens is 859 g/mol. The van der Waals surface area contributed by atoms with Crippen LogP contribution in [0.15, 0.2) is 53.8 Å². The van der Waals surface area contributed by atoms with E-state index < -0.39 is 0 Å². The molecule has 0 spiro atoms. The molecule has 0 aliphatic carbocycles. The summed E-state index contributed by atoms with van der Waals surface area (Å²) in [4.78, 5) is 12.4. The lowest BCUT2D eigenvalue weighted by molar-refractivity contribution is 0.694. The van der Waals surface area contributed by atoms with Crippen LogP contribution >= 0.6 is 89.4 Å². The highest BCUT2D eigenvalue weighted by atomic mass is 127. The lowest BCUT2D eigenvalue weighted by atomic mass is 9.97. The SMILES string of the molecule is Cc1cnc(N2CCc3nn(-c4c(SCl)cccc4C(I)(I)I)c(-c4ccc(C)c5[nH]ncc45)c3C2)nc1. The van der Waals surface area contributed by atoms with Gasteiger partial charge in [-0.25, -0.2) is 14.6 Å². The van der Waals surface area contributed by atoms with Crippen LogP contribution in [0.4, 0.5) is 5.95 Å². The standard InChI is InChI=1S/C26H21ClI3N7S/c1-14-10-31-25(32-11-14)36-9-8-20-18(13-36)23(16-7-6-15(2)22-17(16)12-33-34-22)37(35-20)24-19(26(28,29)30)4-3-5-21(24)38-27/h3-7,10-12H,8-9,13H2,1-2H3,(H,33,34). The van der Waals surface area contributed by atoms with Crippen LogP contribution in [0.5, 0.6) is 0 Å². The van der Waals surface area contributed by atoms with E-state index >= 15 is 0 Å². The van der Waals surface area contributed by atoms with Gasteiger partial charge < -0.3 is 4.90 Å². The minimum absolute atomic E-state index is 0.199. The molecule has 1 aliphatic heterocycles. The third-order valence-electron chi connectivity index (χ3n) is 6.76. The fourth-order valence-electron chi connectivity index (χ4n) is 4.94. The number of nitrogens with zero attached hydrogens (tertiary/aromatic N) is 6. The van der Waals surface area contributed by atoms with E-state index in [0.717, 1.165) is 74.0 Å². The third kappa shape index (κ3) is 4.83. The molecule has 5 aromatic rings. The summed E-state index contributed by atoms with van der Waals surface area (Å²) in [6.07, 6.45) is 6.45. The normalized spacial score (nSPS) is 13.8. The Morgan fingerprint density at radius 3 is 2.58 bits per heavy atom. The molecule has 7 nitrogen and oxygen atoms in total. The Morgan fingerprint density at radius 2 is 1.84 bits per heavy atom. The monoisotopic (exact) mass is 879 g/mol. The van der Waals surface area contributed by atoms with Crippen LogP contribution < -0.4 is 4.90 Å². The second kappa shape index (κ2) is 10.7. The van der Waals surface area contributed by atoms with Gasteiger partial charge in [0.05, 0.1) is 28.8 Å². The molecule has 12 heteroatoms. The predicted octanol–water partition coefficient (Wildman–Crippen LogP) is 8.05. The van der Waals surface area contributed by atoms with E-state index in [4.69, 9.17) is 15.8 Å². The number of rotatable bonds is 5. The Morgan fingerprint density at radius 1 is 1.05 bits per heavy atom. The molecule has 2 aromatic carbocycles. The number of benzene rings is 2. The summed E-state index contributed by atoms with van der Waals surface area (Å²) in [5.41, 5.74) is 9.78. The molecule has 0 saturated heterocycles. The molecule has 0 fully saturated rings. The van der Waals surface area contributed by atoms with Crippen LogP contribution in [-0.2, 0) is 12.4 Å². The summed E-state index contributed by atoms with van der Waals surface area (Å²) in [6.45, 7) is 5.57. The van der Waals surface area contributed by atoms with E-state index in [1.807, 2.05) is 25.5 Å². The molecular formula is C26H21ClI3N7S. The van der Waals surface area contributed by atoms with Gasteiger partial charge in [0.15, 0.2) is -0.565 Å². The minimum Gasteiger partial charge on any atom is -0.336 e. The van der Waals surface area contributed by atoms with Gasteiger partial charge in [-0.1, -0.05) is 24.3 Å². The number of H-pyrrole nitrogens is 1. The Balaban J connectivity index is 1.64. The van der Waals surface area contributed by atoms with Gasteiger partial charge in [-0.15, -0.1) is 0 Å². The number of halogens is 4. The zero-order valence-electron chi connectivity index (χ0n) is 20.3. The number of nitrogens with one attached hydrogen (secondary N) is 1. The molecule has 38 heavy (non-hydrogen) atoms. The van der Waals surface area contributed by atoms with Crippen molar-refractivity contribution in [1.82, 2.24) is 29.9 Å². The van der Waals surface area contributed by atoms with Gasteiger partial charge >= 0.3 is 0 Å². The van der Waals surface area contributed by atoms with E-state index in [0.29, 0.717) is 6.54 Å². The number of hydrogen-bond donors (Lipinski definition) is 1. The fraction of sp³-hybridized carbons (Fsp3) is 0.231. The number of alkyl halides is 3. The first-order valence-corrected chi connectivity index (χ1v) is 16.7. The fourth-order valence-corrected chi connectivity index (χ4v) is 7.02. The molecule has 0 amide bonds. The smallest absolute Gasteiger partial charge is 0.225 e. The van der Waals surface area contributed by atoms with E-state index in [2.05, 4.69) is 135 Å². The average Bonchev–Trinajstić information content (AvgIpc) is 3.54. The summed E-state index contributed by atoms with van der Waals surface area (Å²) in [5, 5.41) is 13.9. The highest BCUT2D eigenvalue weighted by Gasteiger charge is 2.33. The first kappa shape index (κ1) is 27.0. The van der Waals surface area contributed by atoms with Crippen molar-refractivity contribution in [2.24, 2.45) is 0 Å². The van der Waals surface area contributed by atoms with Crippen molar-refractivity contribution in [3.63, 3.8) is 0 Å². The van der Waals surface area contributed by atoms with Gasteiger partial charge in [0, 0.05) is 58.9 Å². The van der Waals surface area contributed by atoms with Crippen molar-refractivity contribution in [2.75, 3.05) is 11.4 Å². The van der Waals surface area contributed by atoms with Crippen LogP contribution in [0.25, 0.3) is 27.8 Å². The third-order valence-corrected chi connectivity index (χ3v) is 9.50. The minimum atomic E-state index is -0.199. The summed E-state index contributed by atoms with van der Waals surface area (Å²) in [7, 11) is 7.70. The molecule has 0 unspecified atom stereocenters. The maximum absolute atomic E-state index is 6.47. The van der Waals surface area contributed by atoms with Crippen molar-refractivity contribution >= 4 is 106 Å². The molecule has 0 atom stereocenters. The van der Waals surface area contributed by atoms with Crippen molar-refractivity contribution in [2.45, 2.75) is 31.1 Å². The summed E-state index contributed by atoms with van der Waals surface area (Å²) in [6, 6.07) is 10.6. The molecule has 3 aromatic heterocycles. The largest absolute Gasteiger partial charge is 0.336 e. The van der Waals surface area contributed by atoms with Gasteiger partial charge in [0.25, 0.3) is 0 Å². The molecule has 4 heterocycles. The van der Waals surface area contributed by atoms with Gasteiger partial charge in [-0.05, 0) is 120 Å². The molecule has 0 saturated carbocycles. The first-order chi connectivity index (χ1) is 18.3. The molecule has 1 aliphatic rings. The second-order valence-corrected chi connectivity index (χ2v) is 21.3. The van der Waals surface area contributed by atoms with Crippen LogP contribution in [0, 0.1) is 13.8 Å². The highest BCUT2D eigenvalue weighted by Crippen LogP contribution is 2.51. The average molecular weight is 880 g/mol. The molecule has 1 N–H and O–H groups in total. The lowest BCUT2D eigenvalue weighted by Gasteiger charge is -2.27. The summed E-state index contributed by atoms with van der Waals surface area (Å²) >= 11 is 7.42. The first-order valence-electron chi connectivity index (χ1n) is 11.8. The van der Waals surface area contributed by atoms with E-state index in [1.54, 1.807) is 0 Å². The molecule has 0 bridgehead atoms. The zero-order chi connectivity index (χ0) is 26.6. The summed E-state index contributed by atoms with van der Waals surface area (Å²) < 4.78 is 1.92. The molecule has 6 rings (SSSR count). The number of para-hydroxylation sites is 1. The second-order valence-electron chi connectivity index (χ2n) is 9.23. The topological polar surface area (TPSA) is 75.5 Å². The van der Waals surface area contributed by atoms with Crippen LogP contribution in [-0.4, -0.2) is 36.5 Å². The van der Waals surface area contributed by atoms with Crippen LogP contribution in [0.3, 0.4) is 0 Å². The van der Waals surface area contributed by atoms with Crippen molar-refractivity contribution in [3.05, 3.63) is 76.9 Å². The maximum atomic E-state index is 6.47. The Kier molecular flexibility index (Phi) is 7.59. The quantitative estimate of drug-likeness (QED) is 0.142. The van der Waals surface area contributed by atoms with Crippen molar-refractivity contribution < 1.29 is 0 Å². The summed E-state index contributed by atoms with van der Waals surface area (Å²) in [5.74, 6) is 0.737. The van der Waals surface area contributed by atoms with Gasteiger partial charge in [0.1, 0.15) is 0 Å². The van der Waals surface area contributed by atoms with Crippen molar-refractivity contribution in [3.8, 4) is 16.9 Å². The predicted molar refractivity (Wildman–Crippen MR) is 180 cm³/mol.